The molecule has 1 heterocycles. The van der Waals surface area contributed by atoms with E-state index < -0.39 is 0 Å². The zero-order chi connectivity index (χ0) is 9.26. The van der Waals surface area contributed by atoms with E-state index in [0.717, 1.165) is 30.2 Å². The molecule has 1 unspecified atom stereocenters. The number of rotatable bonds is 1. The summed E-state index contributed by atoms with van der Waals surface area (Å²) in [5.41, 5.74) is 7.96. The molecule has 0 aromatic heterocycles. The first-order valence-corrected chi connectivity index (χ1v) is 4.54. The van der Waals surface area contributed by atoms with Gasteiger partial charge in [-0.05, 0) is 13.0 Å². The summed E-state index contributed by atoms with van der Waals surface area (Å²) in [5, 5.41) is 3.28. The summed E-state index contributed by atoms with van der Waals surface area (Å²) >= 11 is 0. The van der Waals surface area contributed by atoms with Crippen molar-refractivity contribution in [2.24, 2.45) is 5.73 Å². The average molecular weight is 251 g/mol. The molecule has 1 aromatic rings. The van der Waals surface area contributed by atoms with Gasteiger partial charge in [0, 0.05) is 18.2 Å². The Hall–Kier alpha value is -0.640. The topological polar surface area (TPSA) is 47.3 Å². The fourth-order valence-electron chi connectivity index (χ4n) is 1.55. The molecule has 86 valence electrons. The van der Waals surface area contributed by atoms with Crippen molar-refractivity contribution < 1.29 is 4.74 Å². The van der Waals surface area contributed by atoms with Gasteiger partial charge in [-0.25, -0.2) is 0 Å². The number of anilines is 1. The van der Waals surface area contributed by atoms with Gasteiger partial charge >= 0.3 is 0 Å². The van der Waals surface area contributed by atoms with E-state index in [2.05, 4.69) is 5.32 Å². The molecular weight excluding hydrogens is 235 g/mol. The summed E-state index contributed by atoms with van der Waals surface area (Å²) < 4.78 is 5.57. The van der Waals surface area contributed by atoms with Crippen LogP contribution in [0.1, 0.15) is 18.5 Å². The minimum absolute atomic E-state index is 0. The lowest BCUT2D eigenvalue weighted by atomic mass is 10.1. The molecule has 1 aliphatic rings. The number of hydrogen-bond donors (Lipinski definition) is 2. The second-order valence-electron chi connectivity index (χ2n) is 3.29. The lowest BCUT2D eigenvalue weighted by Crippen LogP contribution is -2.20. The van der Waals surface area contributed by atoms with E-state index in [1.807, 2.05) is 25.1 Å². The zero-order valence-corrected chi connectivity index (χ0v) is 10.2. The molecule has 1 aromatic carbocycles. The van der Waals surface area contributed by atoms with E-state index in [-0.39, 0.29) is 30.9 Å². The molecule has 0 aliphatic carbocycles. The van der Waals surface area contributed by atoms with Gasteiger partial charge in [-0.15, -0.1) is 24.8 Å². The molecule has 3 N–H and O–H groups in total. The Kier molecular flexibility index (Phi) is 5.80. The molecular formula is C10H16Cl2N2O. The van der Waals surface area contributed by atoms with Crippen LogP contribution in [0.15, 0.2) is 18.2 Å². The highest BCUT2D eigenvalue weighted by atomic mass is 35.5. The van der Waals surface area contributed by atoms with Crippen molar-refractivity contribution >= 4 is 30.5 Å². The fourth-order valence-corrected chi connectivity index (χ4v) is 1.55. The summed E-state index contributed by atoms with van der Waals surface area (Å²) in [5.74, 6) is 0.920. The predicted molar refractivity (Wildman–Crippen MR) is 67.5 cm³/mol. The van der Waals surface area contributed by atoms with Gasteiger partial charge < -0.3 is 15.8 Å². The molecule has 0 saturated heterocycles. The van der Waals surface area contributed by atoms with E-state index in [9.17, 15) is 0 Å². The summed E-state index contributed by atoms with van der Waals surface area (Å²) in [6.07, 6.45) is 0. The van der Waals surface area contributed by atoms with E-state index >= 15 is 0 Å². The fraction of sp³-hybridized carbons (Fsp3) is 0.400. The quantitative estimate of drug-likeness (QED) is 0.805. The van der Waals surface area contributed by atoms with Crippen LogP contribution in [0, 0.1) is 0 Å². The number of nitrogens with two attached hydrogens (primary N) is 1. The van der Waals surface area contributed by atoms with Crippen molar-refractivity contribution in [3.63, 3.8) is 0 Å². The SMILES string of the molecule is CC(N)c1cccc2c1OCCN2.Cl.Cl. The average Bonchev–Trinajstić information content (AvgIpc) is 2.17. The highest BCUT2D eigenvalue weighted by Crippen LogP contribution is 2.33. The second kappa shape index (κ2) is 6.05. The molecule has 0 bridgehead atoms. The van der Waals surface area contributed by atoms with Crippen LogP contribution in [-0.2, 0) is 0 Å². The molecule has 3 nitrogen and oxygen atoms in total. The van der Waals surface area contributed by atoms with Crippen LogP contribution in [0.25, 0.3) is 0 Å². The van der Waals surface area contributed by atoms with Crippen molar-refractivity contribution in [1.29, 1.82) is 0 Å². The number of fused-ring (bicyclic) bond motifs is 1. The predicted octanol–water partition coefficient (Wildman–Crippen LogP) is 2.35. The lowest BCUT2D eigenvalue weighted by molar-refractivity contribution is 0.318. The van der Waals surface area contributed by atoms with E-state index in [0.29, 0.717) is 0 Å². The number of para-hydroxylation sites is 1. The van der Waals surface area contributed by atoms with Crippen LogP contribution in [0.4, 0.5) is 5.69 Å². The number of hydrogen-bond acceptors (Lipinski definition) is 3. The van der Waals surface area contributed by atoms with Gasteiger partial charge in [-0.1, -0.05) is 12.1 Å². The Morgan fingerprint density at radius 2 is 2.13 bits per heavy atom. The molecule has 15 heavy (non-hydrogen) atoms. The highest BCUT2D eigenvalue weighted by Gasteiger charge is 2.15. The number of ether oxygens (including phenoxy) is 1. The van der Waals surface area contributed by atoms with Gasteiger partial charge in [0.15, 0.2) is 0 Å². The van der Waals surface area contributed by atoms with Gasteiger partial charge in [0.2, 0.25) is 0 Å². The maximum atomic E-state index is 5.83. The van der Waals surface area contributed by atoms with E-state index in [1.54, 1.807) is 0 Å². The number of benzene rings is 1. The van der Waals surface area contributed by atoms with Crippen LogP contribution < -0.4 is 15.8 Å². The normalized spacial score (nSPS) is 14.5. The zero-order valence-electron chi connectivity index (χ0n) is 8.53. The third-order valence-electron chi connectivity index (χ3n) is 2.20. The van der Waals surface area contributed by atoms with Gasteiger partial charge in [0.1, 0.15) is 12.4 Å². The number of nitrogens with one attached hydrogen (secondary N) is 1. The summed E-state index contributed by atoms with van der Waals surface area (Å²) in [7, 11) is 0. The van der Waals surface area contributed by atoms with Crippen molar-refractivity contribution in [2.75, 3.05) is 18.5 Å². The molecule has 5 heteroatoms. The van der Waals surface area contributed by atoms with Gasteiger partial charge in [0.05, 0.1) is 5.69 Å². The van der Waals surface area contributed by atoms with E-state index in [4.69, 9.17) is 10.5 Å². The Morgan fingerprint density at radius 3 is 2.80 bits per heavy atom. The second-order valence-corrected chi connectivity index (χ2v) is 3.29. The Labute approximate surface area is 102 Å². The molecule has 1 aliphatic heterocycles. The molecule has 0 saturated carbocycles. The molecule has 0 fully saturated rings. The standard InChI is InChI=1S/C10H14N2O.2ClH/c1-7(11)8-3-2-4-9-10(8)13-6-5-12-9;;/h2-4,7,12H,5-6,11H2,1H3;2*1H. The first kappa shape index (κ1) is 14.4. The van der Waals surface area contributed by atoms with E-state index in [1.165, 1.54) is 0 Å². The minimum Gasteiger partial charge on any atom is -0.489 e. The van der Waals surface area contributed by atoms with Crippen LogP contribution in [0.3, 0.4) is 0 Å². The Bertz CT molecular complexity index is 318. The maximum absolute atomic E-state index is 5.83. The summed E-state index contributed by atoms with van der Waals surface area (Å²) in [4.78, 5) is 0. The Balaban J connectivity index is 0.000000980. The van der Waals surface area contributed by atoms with Crippen LogP contribution >= 0.6 is 24.8 Å². The highest BCUT2D eigenvalue weighted by molar-refractivity contribution is 5.85. The molecule has 0 spiro atoms. The minimum atomic E-state index is 0. The van der Waals surface area contributed by atoms with Crippen molar-refractivity contribution in [3.8, 4) is 5.75 Å². The van der Waals surface area contributed by atoms with Gasteiger partial charge in [0.25, 0.3) is 0 Å². The summed E-state index contributed by atoms with van der Waals surface area (Å²) in [6.45, 7) is 3.56. The first-order chi connectivity index (χ1) is 6.29. The largest absolute Gasteiger partial charge is 0.489 e. The van der Waals surface area contributed by atoms with Crippen LogP contribution in [0.2, 0.25) is 0 Å². The van der Waals surface area contributed by atoms with Crippen molar-refractivity contribution in [2.45, 2.75) is 13.0 Å². The molecule has 0 radical (unpaired) electrons. The third kappa shape index (κ3) is 2.91. The molecule has 0 amide bonds. The number of halogens is 2. The van der Waals surface area contributed by atoms with Gasteiger partial charge in [-0.3, -0.25) is 0 Å². The molecule has 1 atom stereocenters. The van der Waals surface area contributed by atoms with Gasteiger partial charge in [-0.2, -0.15) is 0 Å². The van der Waals surface area contributed by atoms with Crippen molar-refractivity contribution in [3.05, 3.63) is 23.8 Å². The first-order valence-electron chi connectivity index (χ1n) is 4.54. The summed E-state index contributed by atoms with van der Waals surface area (Å²) in [6, 6.07) is 6.05. The van der Waals surface area contributed by atoms with Crippen LogP contribution in [-0.4, -0.2) is 13.2 Å². The lowest BCUT2D eigenvalue weighted by Gasteiger charge is -2.22. The smallest absolute Gasteiger partial charge is 0.147 e. The Morgan fingerprint density at radius 1 is 1.40 bits per heavy atom. The molecule has 2 rings (SSSR count). The van der Waals surface area contributed by atoms with Crippen LogP contribution in [0.5, 0.6) is 5.75 Å². The maximum Gasteiger partial charge on any atom is 0.147 e. The third-order valence-corrected chi connectivity index (χ3v) is 2.20. The van der Waals surface area contributed by atoms with Crippen molar-refractivity contribution in [1.82, 2.24) is 0 Å². The monoisotopic (exact) mass is 250 g/mol.